The van der Waals surface area contributed by atoms with Crippen molar-refractivity contribution in [3.05, 3.63) is 29.3 Å². The van der Waals surface area contributed by atoms with Crippen molar-refractivity contribution in [3.63, 3.8) is 0 Å². The van der Waals surface area contributed by atoms with Crippen LogP contribution in [0.3, 0.4) is 0 Å². The van der Waals surface area contributed by atoms with Crippen molar-refractivity contribution in [1.29, 1.82) is 0 Å². The first-order valence-corrected chi connectivity index (χ1v) is 6.67. The van der Waals surface area contributed by atoms with E-state index in [1.807, 2.05) is 0 Å². The molecule has 98 valence electrons. The number of carbonyl (C=O) groups excluding carboxylic acids is 1. The first-order chi connectivity index (χ1) is 8.52. The lowest BCUT2D eigenvalue weighted by molar-refractivity contribution is -0.137. The van der Waals surface area contributed by atoms with E-state index in [9.17, 15) is 18.0 Å². The molecule has 6 heteroatoms. The summed E-state index contributed by atoms with van der Waals surface area (Å²) < 4.78 is 38.9. The number of halogens is 3. The van der Waals surface area contributed by atoms with Crippen molar-refractivity contribution in [3.8, 4) is 0 Å². The summed E-state index contributed by atoms with van der Waals surface area (Å²) in [5, 5.41) is 0. The Morgan fingerprint density at radius 3 is 2.44 bits per heavy atom. The Morgan fingerprint density at radius 2 is 1.89 bits per heavy atom. The normalized spacial score (nSPS) is 16.7. The van der Waals surface area contributed by atoms with Gasteiger partial charge in [-0.15, -0.1) is 0 Å². The number of nitrogens with zero attached hydrogens (tertiary/aromatic N) is 1. The molecule has 0 bridgehead atoms. The van der Waals surface area contributed by atoms with Gasteiger partial charge in [-0.25, -0.2) is 0 Å². The van der Waals surface area contributed by atoms with E-state index >= 15 is 0 Å². The fourth-order valence-corrected chi connectivity index (χ4v) is 2.84. The maximum Gasteiger partial charge on any atom is 0.418 e. The summed E-state index contributed by atoms with van der Waals surface area (Å²) >= 11 is 1.74. The molecule has 1 saturated heterocycles. The summed E-state index contributed by atoms with van der Waals surface area (Å²) in [7, 11) is 0. The monoisotopic (exact) mass is 275 g/mol. The second-order valence-corrected chi connectivity index (χ2v) is 5.22. The van der Waals surface area contributed by atoms with Crippen LogP contribution in [0.25, 0.3) is 0 Å². The Bertz CT molecular complexity index is 441. The maximum atomic E-state index is 13.0. The fourth-order valence-electron chi connectivity index (χ4n) is 1.93. The molecule has 1 aliphatic heterocycles. The van der Waals surface area contributed by atoms with Crippen LogP contribution in [0.2, 0.25) is 0 Å². The van der Waals surface area contributed by atoms with E-state index in [0.29, 0.717) is 19.4 Å². The van der Waals surface area contributed by atoms with Gasteiger partial charge in [0.05, 0.1) is 5.56 Å². The minimum Gasteiger partial charge on any atom is -0.369 e. The van der Waals surface area contributed by atoms with Crippen LogP contribution in [0.15, 0.2) is 18.2 Å². The maximum absolute atomic E-state index is 13.0. The topological polar surface area (TPSA) is 20.3 Å². The minimum atomic E-state index is -4.43. The zero-order valence-corrected chi connectivity index (χ0v) is 10.4. The van der Waals surface area contributed by atoms with Crippen molar-refractivity contribution in [2.24, 2.45) is 0 Å². The predicted molar refractivity (Wildman–Crippen MR) is 66.4 cm³/mol. The van der Waals surface area contributed by atoms with Crippen LogP contribution in [-0.4, -0.2) is 30.9 Å². The van der Waals surface area contributed by atoms with E-state index in [1.54, 1.807) is 16.7 Å². The molecule has 0 N–H and O–H groups in total. The zero-order valence-electron chi connectivity index (χ0n) is 9.54. The third-order valence-corrected chi connectivity index (χ3v) is 3.76. The molecule has 0 unspecified atom stereocenters. The lowest BCUT2D eigenvalue weighted by Crippen LogP contribution is -2.34. The van der Waals surface area contributed by atoms with E-state index in [4.69, 9.17) is 0 Å². The molecule has 0 spiro atoms. The number of benzene rings is 1. The number of thioether (sulfide) groups is 1. The predicted octanol–water partition coefficient (Wildman–Crippen LogP) is 3.07. The molecule has 1 aromatic carbocycles. The zero-order chi connectivity index (χ0) is 13.2. The van der Waals surface area contributed by atoms with Gasteiger partial charge in [0.2, 0.25) is 0 Å². The van der Waals surface area contributed by atoms with E-state index in [1.165, 1.54) is 12.1 Å². The van der Waals surface area contributed by atoms with Crippen molar-refractivity contribution in [2.45, 2.75) is 6.18 Å². The first kappa shape index (κ1) is 13.3. The van der Waals surface area contributed by atoms with Gasteiger partial charge in [0.1, 0.15) is 6.29 Å². The van der Waals surface area contributed by atoms with Crippen LogP contribution in [0.4, 0.5) is 18.9 Å². The molecule has 1 heterocycles. The molecule has 0 atom stereocenters. The van der Waals surface area contributed by atoms with Crippen LogP contribution in [0, 0.1) is 0 Å². The number of alkyl halides is 3. The Balaban J connectivity index is 2.41. The van der Waals surface area contributed by atoms with Crippen molar-refractivity contribution in [1.82, 2.24) is 0 Å². The third-order valence-electron chi connectivity index (χ3n) is 2.81. The first-order valence-electron chi connectivity index (χ1n) is 5.51. The van der Waals surface area contributed by atoms with Gasteiger partial charge in [-0.05, 0) is 18.2 Å². The molecule has 1 fully saturated rings. The van der Waals surface area contributed by atoms with Gasteiger partial charge in [-0.3, -0.25) is 4.79 Å². The van der Waals surface area contributed by atoms with Crippen LogP contribution >= 0.6 is 11.8 Å². The average Bonchev–Trinajstić information content (AvgIpc) is 2.38. The molecule has 18 heavy (non-hydrogen) atoms. The standard InChI is InChI=1S/C12H12F3NOS/c13-12(14,15)10-7-9(8-17)1-2-11(10)16-3-5-18-6-4-16/h1-2,7-8H,3-6H2. The van der Waals surface area contributed by atoms with Crippen LogP contribution in [0.5, 0.6) is 0 Å². The molecule has 1 aromatic rings. The molecular formula is C12H12F3NOS. The Hall–Kier alpha value is -1.17. The summed E-state index contributed by atoms with van der Waals surface area (Å²) in [4.78, 5) is 12.3. The summed E-state index contributed by atoms with van der Waals surface area (Å²) in [5.41, 5.74) is -0.496. The quantitative estimate of drug-likeness (QED) is 0.774. The Morgan fingerprint density at radius 1 is 1.22 bits per heavy atom. The number of carbonyl (C=O) groups is 1. The molecule has 0 aromatic heterocycles. The highest BCUT2D eigenvalue weighted by Gasteiger charge is 2.35. The van der Waals surface area contributed by atoms with Gasteiger partial charge in [0, 0.05) is 35.8 Å². The number of anilines is 1. The highest BCUT2D eigenvalue weighted by Crippen LogP contribution is 2.37. The van der Waals surface area contributed by atoms with Gasteiger partial charge in [-0.2, -0.15) is 24.9 Å². The van der Waals surface area contributed by atoms with Crippen molar-refractivity contribution >= 4 is 23.7 Å². The summed E-state index contributed by atoms with van der Waals surface area (Å²) in [6, 6.07) is 3.74. The largest absolute Gasteiger partial charge is 0.418 e. The van der Waals surface area contributed by atoms with E-state index in [2.05, 4.69) is 0 Å². The van der Waals surface area contributed by atoms with Gasteiger partial charge >= 0.3 is 6.18 Å². The second kappa shape index (κ2) is 5.22. The van der Waals surface area contributed by atoms with E-state index < -0.39 is 11.7 Å². The summed E-state index contributed by atoms with van der Waals surface area (Å²) in [5.74, 6) is 1.65. The molecule has 2 nitrogen and oxygen atoms in total. The molecule has 2 rings (SSSR count). The minimum absolute atomic E-state index is 0.0532. The average molecular weight is 275 g/mol. The summed E-state index contributed by atoms with van der Waals surface area (Å²) in [6.07, 6.45) is -4.00. The Kier molecular flexibility index (Phi) is 3.85. The van der Waals surface area contributed by atoms with E-state index in [-0.39, 0.29) is 11.3 Å². The number of hydrogen-bond donors (Lipinski definition) is 0. The smallest absolute Gasteiger partial charge is 0.369 e. The third kappa shape index (κ3) is 2.80. The van der Waals surface area contributed by atoms with Gasteiger partial charge < -0.3 is 4.90 Å². The molecule has 0 saturated carbocycles. The molecule has 0 aliphatic carbocycles. The van der Waals surface area contributed by atoms with Gasteiger partial charge in [0.25, 0.3) is 0 Å². The van der Waals surface area contributed by atoms with Crippen LogP contribution in [0.1, 0.15) is 15.9 Å². The van der Waals surface area contributed by atoms with Crippen LogP contribution < -0.4 is 4.90 Å². The van der Waals surface area contributed by atoms with Crippen LogP contribution in [-0.2, 0) is 6.18 Å². The number of aldehydes is 1. The molecular weight excluding hydrogens is 263 g/mol. The second-order valence-electron chi connectivity index (χ2n) is 3.99. The SMILES string of the molecule is O=Cc1ccc(N2CCSCC2)c(C(F)(F)F)c1. The van der Waals surface area contributed by atoms with Crippen molar-refractivity contribution in [2.75, 3.05) is 29.5 Å². The number of hydrogen-bond acceptors (Lipinski definition) is 3. The van der Waals surface area contributed by atoms with Gasteiger partial charge in [0.15, 0.2) is 0 Å². The summed E-state index contributed by atoms with van der Waals surface area (Å²) in [6.45, 7) is 1.21. The Labute approximate surface area is 107 Å². The molecule has 0 amide bonds. The fraction of sp³-hybridized carbons (Fsp3) is 0.417. The van der Waals surface area contributed by atoms with E-state index in [0.717, 1.165) is 17.6 Å². The van der Waals surface area contributed by atoms with Crippen molar-refractivity contribution < 1.29 is 18.0 Å². The lowest BCUT2D eigenvalue weighted by atomic mass is 10.1. The highest BCUT2D eigenvalue weighted by atomic mass is 32.2. The molecule has 1 aliphatic rings. The van der Waals surface area contributed by atoms with Gasteiger partial charge in [-0.1, -0.05) is 0 Å². The lowest BCUT2D eigenvalue weighted by Gasteiger charge is -2.30. The number of rotatable bonds is 2. The molecule has 0 radical (unpaired) electrons. The highest BCUT2D eigenvalue weighted by molar-refractivity contribution is 7.99.